The highest BCUT2D eigenvalue weighted by Crippen LogP contribution is 2.19. The molecular formula is C12H18N4. The highest BCUT2D eigenvalue weighted by molar-refractivity contribution is 5.39. The predicted octanol–water partition coefficient (Wildman–Crippen LogP) is 1.53. The van der Waals surface area contributed by atoms with E-state index < -0.39 is 0 Å². The van der Waals surface area contributed by atoms with Crippen molar-refractivity contribution in [1.82, 2.24) is 14.6 Å². The Morgan fingerprint density at radius 1 is 1.31 bits per heavy atom. The van der Waals surface area contributed by atoms with E-state index in [2.05, 4.69) is 36.9 Å². The van der Waals surface area contributed by atoms with Crippen molar-refractivity contribution in [1.29, 1.82) is 0 Å². The monoisotopic (exact) mass is 218 g/mol. The number of fused-ring (bicyclic) bond motifs is 1. The van der Waals surface area contributed by atoms with E-state index in [1.807, 2.05) is 16.8 Å². The lowest BCUT2D eigenvalue weighted by atomic mass is 9.96. The van der Waals surface area contributed by atoms with Crippen LogP contribution in [0.1, 0.15) is 32.2 Å². The Hall–Kier alpha value is -1.42. The van der Waals surface area contributed by atoms with Gasteiger partial charge in [-0.3, -0.25) is 0 Å². The van der Waals surface area contributed by atoms with Gasteiger partial charge in [0.1, 0.15) is 0 Å². The molecule has 0 bridgehead atoms. The lowest BCUT2D eigenvalue weighted by molar-refractivity contribution is 0.545. The lowest BCUT2D eigenvalue weighted by Gasteiger charge is -2.11. The molecule has 0 aliphatic heterocycles. The molecule has 0 spiro atoms. The molecule has 4 heteroatoms. The summed E-state index contributed by atoms with van der Waals surface area (Å²) in [6, 6.07) is 4.05. The van der Waals surface area contributed by atoms with E-state index in [0.29, 0.717) is 6.54 Å². The van der Waals surface area contributed by atoms with Gasteiger partial charge >= 0.3 is 0 Å². The SMILES string of the molecule is CC(C)(C)c1nc2ccc(CCN)cn2n1. The quantitative estimate of drug-likeness (QED) is 0.831. The van der Waals surface area contributed by atoms with Crippen LogP contribution in [0, 0.1) is 0 Å². The molecule has 0 fully saturated rings. The maximum atomic E-state index is 5.53. The fraction of sp³-hybridized carbons (Fsp3) is 0.500. The molecule has 2 aromatic heterocycles. The molecule has 86 valence electrons. The van der Waals surface area contributed by atoms with E-state index in [0.717, 1.165) is 17.9 Å². The molecule has 0 atom stereocenters. The van der Waals surface area contributed by atoms with Crippen LogP contribution in [0.4, 0.5) is 0 Å². The molecular weight excluding hydrogens is 200 g/mol. The Labute approximate surface area is 95.5 Å². The Balaban J connectivity index is 2.46. The van der Waals surface area contributed by atoms with Crippen LogP contribution in [-0.4, -0.2) is 21.1 Å². The van der Waals surface area contributed by atoms with Gasteiger partial charge in [0.2, 0.25) is 0 Å². The average molecular weight is 218 g/mol. The zero-order valence-corrected chi connectivity index (χ0v) is 10.1. The van der Waals surface area contributed by atoms with E-state index >= 15 is 0 Å². The van der Waals surface area contributed by atoms with Crippen molar-refractivity contribution in [3.8, 4) is 0 Å². The number of nitrogens with zero attached hydrogens (tertiary/aromatic N) is 3. The highest BCUT2D eigenvalue weighted by atomic mass is 15.3. The maximum absolute atomic E-state index is 5.53. The first-order valence-corrected chi connectivity index (χ1v) is 5.56. The zero-order valence-electron chi connectivity index (χ0n) is 10.1. The molecule has 2 rings (SSSR count). The van der Waals surface area contributed by atoms with Crippen LogP contribution < -0.4 is 5.73 Å². The van der Waals surface area contributed by atoms with Crippen molar-refractivity contribution in [3.63, 3.8) is 0 Å². The number of hydrogen-bond acceptors (Lipinski definition) is 3. The van der Waals surface area contributed by atoms with Gasteiger partial charge in [0.15, 0.2) is 11.5 Å². The molecule has 2 heterocycles. The third kappa shape index (κ3) is 2.07. The minimum Gasteiger partial charge on any atom is -0.330 e. The molecule has 4 nitrogen and oxygen atoms in total. The van der Waals surface area contributed by atoms with Crippen LogP contribution in [0.3, 0.4) is 0 Å². The van der Waals surface area contributed by atoms with Gasteiger partial charge < -0.3 is 5.73 Å². The van der Waals surface area contributed by atoms with Crippen molar-refractivity contribution in [2.75, 3.05) is 6.54 Å². The lowest BCUT2D eigenvalue weighted by Crippen LogP contribution is -2.13. The van der Waals surface area contributed by atoms with Crippen molar-refractivity contribution >= 4 is 5.65 Å². The Bertz CT molecular complexity index is 493. The van der Waals surface area contributed by atoms with Gasteiger partial charge in [0.05, 0.1) is 0 Å². The van der Waals surface area contributed by atoms with Gasteiger partial charge in [-0.15, -0.1) is 0 Å². The molecule has 0 aliphatic carbocycles. The number of nitrogens with two attached hydrogens (primary N) is 1. The molecule has 0 radical (unpaired) electrons. The molecule has 0 saturated carbocycles. The van der Waals surface area contributed by atoms with Crippen LogP contribution in [0.15, 0.2) is 18.3 Å². The summed E-state index contributed by atoms with van der Waals surface area (Å²) in [5.74, 6) is 0.873. The zero-order chi connectivity index (χ0) is 11.8. The Morgan fingerprint density at radius 2 is 2.06 bits per heavy atom. The first-order chi connectivity index (χ1) is 7.50. The fourth-order valence-corrected chi connectivity index (χ4v) is 1.56. The number of hydrogen-bond donors (Lipinski definition) is 1. The average Bonchev–Trinajstić information content (AvgIpc) is 2.60. The molecule has 0 unspecified atom stereocenters. The first-order valence-electron chi connectivity index (χ1n) is 5.56. The van der Waals surface area contributed by atoms with Crippen molar-refractivity contribution in [2.45, 2.75) is 32.6 Å². The number of pyridine rings is 1. The number of aromatic nitrogens is 3. The minimum atomic E-state index is -0.0138. The van der Waals surface area contributed by atoms with Crippen molar-refractivity contribution in [2.24, 2.45) is 5.73 Å². The highest BCUT2D eigenvalue weighted by Gasteiger charge is 2.19. The molecule has 2 aromatic rings. The van der Waals surface area contributed by atoms with Crippen molar-refractivity contribution < 1.29 is 0 Å². The molecule has 0 aromatic carbocycles. The van der Waals surface area contributed by atoms with Crippen LogP contribution in [0.2, 0.25) is 0 Å². The van der Waals surface area contributed by atoms with Crippen LogP contribution in [0.25, 0.3) is 5.65 Å². The summed E-state index contributed by atoms with van der Waals surface area (Å²) in [6.07, 6.45) is 2.88. The summed E-state index contributed by atoms with van der Waals surface area (Å²) in [4.78, 5) is 4.51. The summed E-state index contributed by atoms with van der Waals surface area (Å²) in [6.45, 7) is 7.00. The second kappa shape index (κ2) is 3.87. The largest absolute Gasteiger partial charge is 0.330 e. The Morgan fingerprint density at radius 3 is 2.69 bits per heavy atom. The van der Waals surface area contributed by atoms with Gasteiger partial charge in [-0.05, 0) is 24.6 Å². The molecule has 0 saturated heterocycles. The van der Waals surface area contributed by atoms with E-state index in [4.69, 9.17) is 5.73 Å². The smallest absolute Gasteiger partial charge is 0.157 e. The van der Waals surface area contributed by atoms with Gasteiger partial charge in [-0.25, -0.2) is 9.50 Å². The summed E-state index contributed by atoms with van der Waals surface area (Å²) >= 11 is 0. The third-order valence-corrected chi connectivity index (χ3v) is 2.50. The third-order valence-electron chi connectivity index (χ3n) is 2.50. The van der Waals surface area contributed by atoms with E-state index in [1.165, 1.54) is 5.56 Å². The maximum Gasteiger partial charge on any atom is 0.157 e. The second-order valence-corrected chi connectivity index (χ2v) is 5.06. The van der Waals surface area contributed by atoms with E-state index in [1.54, 1.807) is 0 Å². The number of rotatable bonds is 2. The predicted molar refractivity (Wildman–Crippen MR) is 64.4 cm³/mol. The van der Waals surface area contributed by atoms with E-state index in [-0.39, 0.29) is 5.41 Å². The van der Waals surface area contributed by atoms with E-state index in [9.17, 15) is 0 Å². The van der Waals surface area contributed by atoms with Gasteiger partial charge in [0, 0.05) is 11.6 Å². The van der Waals surface area contributed by atoms with Gasteiger partial charge in [0.25, 0.3) is 0 Å². The summed E-state index contributed by atoms with van der Waals surface area (Å²) in [7, 11) is 0. The normalized spacial score (nSPS) is 12.2. The Kier molecular flexibility index (Phi) is 2.68. The second-order valence-electron chi connectivity index (χ2n) is 5.06. The van der Waals surface area contributed by atoms with Crippen LogP contribution in [0.5, 0.6) is 0 Å². The van der Waals surface area contributed by atoms with Crippen LogP contribution >= 0.6 is 0 Å². The summed E-state index contributed by atoms with van der Waals surface area (Å²) in [5, 5.41) is 4.49. The molecule has 16 heavy (non-hydrogen) atoms. The van der Waals surface area contributed by atoms with Gasteiger partial charge in [-0.1, -0.05) is 26.8 Å². The standard InChI is InChI=1S/C12H18N4/c1-12(2,3)11-14-10-5-4-9(6-7-13)8-16(10)15-11/h4-5,8H,6-7,13H2,1-3H3. The van der Waals surface area contributed by atoms with Gasteiger partial charge in [-0.2, -0.15) is 5.10 Å². The minimum absolute atomic E-state index is 0.0138. The molecule has 2 N–H and O–H groups in total. The summed E-state index contributed by atoms with van der Waals surface area (Å²) in [5.41, 5.74) is 7.61. The fourth-order valence-electron chi connectivity index (χ4n) is 1.56. The van der Waals surface area contributed by atoms with Crippen LogP contribution in [-0.2, 0) is 11.8 Å². The molecule has 0 amide bonds. The van der Waals surface area contributed by atoms with Crippen molar-refractivity contribution in [3.05, 3.63) is 29.7 Å². The summed E-state index contributed by atoms with van der Waals surface area (Å²) < 4.78 is 1.84. The first kappa shape index (κ1) is 11.1. The molecule has 0 aliphatic rings. The topological polar surface area (TPSA) is 56.2 Å².